The molecule has 1 aliphatic heterocycles. The van der Waals surface area contributed by atoms with E-state index in [1.807, 2.05) is 30.3 Å². The summed E-state index contributed by atoms with van der Waals surface area (Å²) >= 11 is 4.70. The largest absolute Gasteiger partial charge is 0.475 e. The van der Waals surface area contributed by atoms with Gasteiger partial charge in [0.1, 0.15) is 6.04 Å². The minimum Gasteiger partial charge on any atom is -0.426 e. The summed E-state index contributed by atoms with van der Waals surface area (Å²) < 4.78 is 0. The molecule has 7 nitrogen and oxygen atoms in total. The Kier molecular flexibility index (Phi) is 13.2. The molecule has 180 valence electrons. The van der Waals surface area contributed by atoms with Crippen molar-refractivity contribution in [2.24, 2.45) is 0 Å². The highest BCUT2D eigenvalue weighted by Crippen LogP contribution is 2.22. The van der Waals surface area contributed by atoms with Crippen molar-refractivity contribution in [2.45, 2.75) is 45.1 Å². The van der Waals surface area contributed by atoms with Gasteiger partial charge in [-0.1, -0.05) is 49.0 Å². The summed E-state index contributed by atoms with van der Waals surface area (Å²) in [6.45, 7) is 4.16. The molecule has 0 aliphatic carbocycles. The number of amides is 2. The van der Waals surface area contributed by atoms with Crippen molar-refractivity contribution in [3.63, 3.8) is 0 Å². The van der Waals surface area contributed by atoms with Gasteiger partial charge in [0.2, 0.25) is 5.91 Å². The first-order valence-corrected chi connectivity index (χ1v) is 12.9. The van der Waals surface area contributed by atoms with Gasteiger partial charge in [0.25, 0.3) is 5.91 Å². The maximum atomic E-state index is 12.8. The fourth-order valence-corrected chi connectivity index (χ4v) is 3.70. The second-order valence-electron chi connectivity index (χ2n) is 7.40. The number of nitrogens with zero attached hydrogens (tertiary/aromatic N) is 1. The number of rotatable bonds is 6. The number of thiol groups is 1. The number of thioether (sulfide) groups is 1. The lowest BCUT2D eigenvalue weighted by Crippen LogP contribution is -2.52. The summed E-state index contributed by atoms with van der Waals surface area (Å²) in [6, 6.07) is 10.8. The van der Waals surface area contributed by atoms with Gasteiger partial charge in [-0.25, -0.2) is 0 Å². The lowest BCUT2D eigenvalue weighted by Gasteiger charge is -2.27. The Morgan fingerprint density at radius 2 is 1.97 bits per heavy atom. The minimum absolute atomic E-state index is 0.298. The van der Waals surface area contributed by atoms with Crippen LogP contribution in [0.25, 0.3) is 10.8 Å². The van der Waals surface area contributed by atoms with Crippen LogP contribution in [0.3, 0.4) is 0 Å². The Bertz CT molecular complexity index is 929. The van der Waals surface area contributed by atoms with E-state index in [9.17, 15) is 19.6 Å². The third-order valence-electron chi connectivity index (χ3n) is 5.34. The SMILES string of the molecule is CCc1ccc2cccc(C(=O)NC(C)C(=O)N3CCCC3B(O)O)c2c1.CS.CSC=O. The molecular weight excluding hydrogens is 459 g/mol. The molecule has 0 spiro atoms. The zero-order valence-corrected chi connectivity index (χ0v) is 21.2. The molecule has 2 aromatic rings. The fraction of sp³-hybridized carbons (Fsp3) is 0.435. The Balaban J connectivity index is 0.000000820. The molecule has 0 radical (unpaired) electrons. The summed E-state index contributed by atoms with van der Waals surface area (Å²) in [6.07, 6.45) is 5.57. The van der Waals surface area contributed by atoms with E-state index in [0.717, 1.165) is 34.8 Å². The van der Waals surface area contributed by atoms with Gasteiger partial charge in [0.15, 0.2) is 5.62 Å². The van der Waals surface area contributed by atoms with Crippen LogP contribution in [0.15, 0.2) is 36.4 Å². The Labute approximate surface area is 205 Å². The molecule has 1 aliphatic rings. The van der Waals surface area contributed by atoms with Crippen molar-refractivity contribution in [1.82, 2.24) is 10.2 Å². The standard InChI is InChI=1S/C20H25BN2O4.C2H4OS.CH4S/c1-3-14-9-10-15-6-4-7-16(17(15)12-14)19(24)22-13(2)20(25)23-11-5-8-18(23)21(26)27;1-4-2-3;1-2/h4,6-7,9-10,12-13,18,26-27H,3,5,8,11H2,1-2H3,(H,22,24);2H,1H3;2H,1H3. The first-order valence-electron chi connectivity index (χ1n) is 10.7. The topological polar surface area (TPSA) is 107 Å². The smallest absolute Gasteiger partial charge is 0.426 e. The number of carbonyl (C=O) groups is 3. The highest BCUT2D eigenvalue weighted by Gasteiger charge is 2.38. The third kappa shape index (κ3) is 8.06. The van der Waals surface area contributed by atoms with Crippen molar-refractivity contribution in [3.8, 4) is 0 Å². The maximum absolute atomic E-state index is 12.8. The van der Waals surface area contributed by atoms with Gasteiger partial charge in [-0.05, 0) is 61.1 Å². The van der Waals surface area contributed by atoms with Crippen molar-refractivity contribution >= 4 is 59.7 Å². The second-order valence-corrected chi connectivity index (χ2v) is 8.06. The first-order chi connectivity index (χ1) is 15.8. The summed E-state index contributed by atoms with van der Waals surface area (Å²) in [7, 11) is -1.56. The Morgan fingerprint density at radius 1 is 1.30 bits per heavy atom. The number of aryl methyl sites for hydroxylation is 1. The number of nitrogens with one attached hydrogen (secondary N) is 1. The number of hydrogen-bond acceptors (Lipinski definition) is 7. The van der Waals surface area contributed by atoms with Crippen molar-refractivity contribution in [1.29, 1.82) is 0 Å². The molecule has 33 heavy (non-hydrogen) atoms. The normalized spacial score (nSPS) is 15.5. The van der Waals surface area contributed by atoms with Crippen LogP contribution in [0.1, 0.15) is 42.6 Å². The first kappa shape index (κ1) is 29.0. The van der Waals surface area contributed by atoms with Crippen LogP contribution in [0.2, 0.25) is 0 Å². The minimum atomic E-state index is -1.56. The molecular formula is C23H33BN2O5S2. The van der Waals surface area contributed by atoms with Crippen molar-refractivity contribution < 1.29 is 24.4 Å². The molecule has 0 saturated carbocycles. The Morgan fingerprint density at radius 3 is 2.55 bits per heavy atom. The highest BCUT2D eigenvalue weighted by molar-refractivity contribution is 8.11. The predicted octanol–water partition coefficient (Wildman–Crippen LogP) is 2.61. The van der Waals surface area contributed by atoms with Gasteiger partial charge < -0.3 is 20.3 Å². The van der Waals surface area contributed by atoms with Crippen LogP contribution >= 0.6 is 24.4 Å². The van der Waals surface area contributed by atoms with E-state index in [2.05, 4.69) is 24.9 Å². The lowest BCUT2D eigenvalue weighted by atomic mass is 9.78. The number of likely N-dealkylation sites (tertiary alicyclic amines) is 1. The number of hydrogen-bond donors (Lipinski definition) is 4. The molecule has 10 heteroatoms. The van der Waals surface area contributed by atoms with Crippen molar-refractivity contribution in [3.05, 3.63) is 47.5 Å². The van der Waals surface area contributed by atoms with E-state index >= 15 is 0 Å². The third-order valence-corrected chi connectivity index (χ3v) is 5.53. The van der Waals surface area contributed by atoms with E-state index in [1.165, 1.54) is 16.7 Å². The summed E-state index contributed by atoms with van der Waals surface area (Å²) in [5.74, 6) is -1.22. The average Bonchev–Trinajstić information content (AvgIpc) is 3.34. The van der Waals surface area contributed by atoms with Crippen LogP contribution in [0.4, 0.5) is 0 Å². The van der Waals surface area contributed by atoms with E-state index < -0.39 is 19.1 Å². The van der Waals surface area contributed by atoms with Gasteiger partial charge in [0.05, 0.1) is 5.94 Å². The van der Waals surface area contributed by atoms with Gasteiger partial charge in [-0.3, -0.25) is 14.4 Å². The van der Waals surface area contributed by atoms with E-state index in [1.54, 1.807) is 25.5 Å². The molecule has 0 aromatic heterocycles. The van der Waals surface area contributed by atoms with Crippen LogP contribution in [0, 0.1) is 0 Å². The summed E-state index contributed by atoms with van der Waals surface area (Å²) in [5.41, 5.74) is 2.46. The van der Waals surface area contributed by atoms with Gasteiger partial charge in [-0.2, -0.15) is 12.6 Å². The maximum Gasteiger partial charge on any atom is 0.475 e. The van der Waals surface area contributed by atoms with E-state index in [4.69, 9.17) is 4.79 Å². The number of carbonyl (C=O) groups excluding carboxylic acids is 3. The van der Waals surface area contributed by atoms with Crippen LogP contribution < -0.4 is 5.32 Å². The fourth-order valence-electron chi connectivity index (χ4n) is 3.70. The molecule has 3 N–H and O–H groups in total. The van der Waals surface area contributed by atoms with Crippen LogP contribution in [-0.4, -0.2) is 70.5 Å². The molecule has 2 amide bonds. The second kappa shape index (κ2) is 15.0. The molecule has 1 saturated heterocycles. The predicted molar refractivity (Wildman–Crippen MR) is 140 cm³/mol. The zero-order chi connectivity index (χ0) is 25.0. The van der Waals surface area contributed by atoms with Gasteiger partial charge in [0, 0.05) is 12.1 Å². The van der Waals surface area contributed by atoms with Gasteiger partial charge >= 0.3 is 7.12 Å². The quantitative estimate of drug-likeness (QED) is 0.281. The van der Waals surface area contributed by atoms with Crippen molar-refractivity contribution in [2.75, 3.05) is 19.1 Å². The number of fused-ring (bicyclic) bond motifs is 1. The highest BCUT2D eigenvalue weighted by atomic mass is 32.2. The molecule has 0 bridgehead atoms. The summed E-state index contributed by atoms with van der Waals surface area (Å²) in [5, 5.41) is 23.5. The van der Waals surface area contributed by atoms with E-state index in [0.29, 0.717) is 18.5 Å². The van der Waals surface area contributed by atoms with E-state index in [-0.39, 0.29) is 11.8 Å². The molecule has 2 atom stereocenters. The molecule has 2 unspecified atom stereocenters. The molecule has 2 aromatic carbocycles. The summed E-state index contributed by atoms with van der Waals surface area (Å²) in [4.78, 5) is 36.1. The zero-order valence-electron chi connectivity index (χ0n) is 19.5. The number of benzene rings is 2. The Hall–Kier alpha value is -2.01. The molecule has 1 heterocycles. The average molecular weight is 492 g/mol. The monoisotopic (exact) mass is 492 g/mol. The van der Waals surface area contributed by atoms with Gasteiger partial charge in [-0.15, -0.1) is 0 Å². The molecule has 1 fully saturated rings. The van der Waals surface area contributed by atoms with Crippen LogP contribution in [-0.2, 0) is 16.0 Å². The molecule has 3 rings (SSSR count). The van der Waals surface area contributed by atoms with Crippen LogP contribution in [0.5, 0.6) is 0 Å². The lowest BCUT2D eigenvalue weighted by molar-refractivity contribution is -0.132.